The first kappa shape index (κ1) is 20.4. The number of hydrogen-bond acceptors (Lipinski definition) is 4. The molecule has 0 aliphatic heterocycles. The fourth-order valence-electron chi connectivity index (χ4n) is 2.82. The highest BCUT2D eigenvalue weighted by atomic mass is 16.5. The van der Waals surface area contributed by atoms with Crippen molar-refractivity contribution in [3.8, 4) is 5.75 Å². The molecule has 0 aromatic heterocycles. The van der Waals surface area contributed by atoms with Gasteiger partial charge in [-0.05, 0) is 60.5 Å². The molecule has 0 fully saturated rings. The van der Waals surface area contributed by atoms with Crippen molar-refractivity contribution in [3.05, 3.63) is 72.3 Å². The van der Waals surface area contributed by atoms with E-state index in [1.807, 2.05) is 49.4 Å². The van der Waals surface area contributed by atoms with Gasteiger partial charge in [0.15, 0.2) is 6.10 Å². The van der Waals surface area contributed by atoms with Gasteiger partial charge in [0.1, 0.15) is 5.75 Å². The summed E-state index contributed by atoms with van der Waals surface area (Å²) in [5, 5.41) is 4.97. The maximum absolute atomic E-state index is 12.4. The van der Waals surface area contributed by atoms with Crippen molar-refractivity contribution in [3.63, 3.8) is 0 Å². The van der Waals surface area contributed by atoms with Crippen LogP contribution in [-0.4, -0.2) is 24.6 Å². The summed E-state index contributed by atoms with van der Waals surface area (Å²) < 4.78 is 11.0. The summed E-state index contributed by atoms with van der Waals surface area (Å²) in [6, 6.07) is 20.3. The molecule has 5 heteroatoms. The number of amides is 1. The molecule has 0 spiro atoms. The van der Waals surface area contributed by atoms with E-state index in [1.54, 1.807) is 31.2 Å². The second-order valence-corrected chi connectivity index (χ2v) is 6.83. The van der Waals surface area contributed by atoms with E-state index in [-0.39, 0.29) is 11.9 Å². The summed E-state index contributed by atoms with van der Waals surface area (Å²) in [5.74, 6) is 0.0114. The van der Waals surface area contributed by atoms with Crippen LogP contribution in [0.3, 0.4) is 0 Å². The monoisotopic (exact) mass is 391 g/mol. The third kappa shape index (κ3) is 5.57. The van der Waals surface area contributed by atoms with Gasteiger partial charge in [-0.1, -0.05) is 43.7 Å². The van der Waals surface area contributed by atoms with Crippen LogP contribution in [0.1, 0.15) is 37.0 Å². The Morgan fingerprint density at radius 2 is 1.69 bits per heavy atom. The minimum absolute atomic E-state index is 0.267. The number of esters is 1. The van der Waals surface area contributed by atoms with Gasteiger partial charge in [-0.3, -0.25) is 4.79 Å². The maximum Gasteiger partial charge on any atom is 0.338 e. The van der Waals surface area contributed by atoms with Gasteiger partial charge in [0.2, 0.25) is 0 Å². The number of anilines is 1. The number of nitrogens with one attached hydrogen (secondary N) is 1. The first-order valence-electron chi connectivity index (χ1n) is 9.80. The van der Waals surface area contributed by atoms with Crippen molar-refractivity contribution in [2.45, 2.75) is 32.8 Å². The number of rotatable bonds is 8. The van der Waals surface area contributed by atoms with E-state index in [4.69, 9.17) is 9.47 Å². The number of carbonyl (C=O) groups is 2. The summed E-state index contributed by atoms with van der Waals surface area (Å²) in [5.41, 5.74) is 1.05. The number of hydrogen-bond donors (Lipinski definition) is 1. The number of unbranched alkanes of at least 4 members (excludes halogenated alkanes) is 1. The maximum atomic E-state index is 12.4. The molecule has 1 amide bonds. The van der Waals surface area contributed by atoms with Crippen molar-refractivity contribution in [1.82, 2.24) is 0 Å². The molecule has 5 nitrogen and oxygen atoms in total. The molecule has 0 saturated carbocycles. The second kappa shape index (κ2) is 9.73. The number of fused-ring (bicyclic) bond motifs is 1. The highest BCUT2D eigenvalue weighted by Crippen LogP contribution is 2.22. The molecule has 1 atom stereocenters. The van der Waals surface area contributed by atoms with Crippen molar-refractivity contribution >= 4 is 28.3 Å². The average molecular weight is 391 g/mol. The van der Waals surface area contributed by atoms with Crippen LogP contribution in [-0.2, 0) is 9.53 Å². The third-order valence-electron chi connectivity index (χ3n) is 4.52. The van der Waals surface area contributed by atoms with Crippen LogP contribution < -0.4 is 10.1 Å². The molecule has 3 aromatic carbocycles. The van der Waals surface area contributed by atoms with Crippen LogP contribution in [0.5, 0.6) is 5.75 Å². The molecule has 0 heterocycles. The molecule has 0 aliphatic rings. The average Bonchev–Trinajstić information content (AvgIpc) is 2.74. The van der Waals surface area contributed by atoms with Gasteiger partial charge in [0.25, 0.3) is 5.91 Å². The lowest BCUT2D eigenvalue weighted by atomic mass is 10.1. The Morgan fingerprint density at radius 3 is 2.41 bits per heavy atom. The minimum Gasteiger partial charge on any atom is -0.481 e. The fourth-order valence-corrected chi connectivity index (χ4v) is 2.82. The van der Waals surface area contributed by atoms with E-state index < -0.39 is 6.10 Å². The largest absolute Gasteiger partial charge is 0.481 e. The van der Waals surface area contributed by atoms with E-state index in [1.165, 1.54) is 0 Å². The van der Waals surface area contributed by atoms with Crippen LogP contribution in [0.15, 0.2) is 66.7 Å². The van der Waals surface area contributed by atoms with E-state index in [9.17, 15) is 9.59 Å². The zero-order chi connectivity index (χ0) is 20.6. The second-order valence-electron chi connectivity index (χ2n) is 6.83. The van der Waals surface area contributed by atoms with Gasteiger partial charge in [0.05, 0.1) is 12.2 Å². The third-order valence-corrected chi connectivity index (χ3v) is 4.52. The standard InChI is InChI=1S/C24H25NO4/c1-3-4-15-28-24(27)19-9-12-21(13-10-19)25-23(26)17(2)29-22-14-11-18-7-5-6-8-20(18)16-22/h5-14,16-17H,3-4,15H2,1-2H3,(H,25,26)/t17-/m1/s1. The fraction of sp³-hybridized carbons (Fsp3) is 0.250. The van der Waals surface area contributed by atoms with Gasteiger partial charge in [-0.25, -0.2) is 4.79 Å². The molecule has 0 aliphatic carbocycles. The first-order chi connectivity index (χ1) is 14.1. The molecule has 1 N–H and O–H groups in total. The molecular formula is C24H25NO4. The Labute approximate surface area is 170 Å². The SMILES string of the molecule is CCCCOC(=O)c1ccc(NC(=O)[C@@H](C)Oc2ccc3ccccc3c2)cc1. The Morgan fingerprint density at radius 1 is 0.966 bits per heavy atom. The van der Waals surface area contributed by atoms with Crippen LogP contribution in [0.4, 0.5) is 5.69 Å². The molecule has 0 bridgehead atoms. The van der Waals surface area contributed by atoms with Gasteiger partial charge >= 0.3 is 5.97 Å². The molecule has 3 rings (SSSR count). The zero-order valence-corrected chi connectivity index (χ0v) is 16.7. The normalized spacial score (nSPS) is 11.7. The smallest absolute Gasteiger partial charge is 0.338 e. The van der Waals surface area contributed by atoms with E-state index in [0.29, 0.717) is 23.6 Å². The quantitative estimate of drug-likeness (QED) is 0.423. The van der Waals surface area contributed by atoms with E-state index in [2.05, 4.69) is 5.32 Å². The van der Waals surface area contributed by atoms with Crippen molar-refractivity contribution in [1.29, 1.82) is 0 Å². The Balaban J connectivity index is 1.56. The summed E-state index contributed by atoms with van der Waals surface area (Å²) in [6.45, 7) is 4.15. The number of ether oxygens (including phenoxy) is 2. The summed E-state index contributed by atoms with van der Waals surface area (Å²) in [6.07, 6.45) is 1.14. The molecule has 0 radical (unpaired) electrons. The van der Waals surface area contributed by atoms with Gasteiger partial charge < -0.3 is 14.8 Å². The number of carbonyl (C=O) groups excluding carboxylic acids is 2. The Bertz CT molecular complexity index is 982. The summed E-state index contributed by atoms with van der Waals surface area (Å²) in [4.78, 5) is 24.4. The predicted molar refractivity (Wildman–Crippen MR) is 114 cm³/mol. The molecule has 0 unspecified atom stereocenters. The predicted octanol–water partition coefficient (Wildman–Crippen LogP) is 5.20. The van der Waals surface area contributed by atoms with Gasteiger partial charge in [-0.2, -0.15) is 0 Å². The first-order valence-corrected chi connectivity index (χ1v) is 9.80. The minimum atomic E-state index is -0.671. The van der Waals surface area contributed by atoms with Crippen LogP contribution in [0, 0.1) is 0 Å². The van der Waals surface area contributed by atoms with Gasteiger partial charge in [-0.15, -0.1) is 0 Å². The van der Waals surface area contributed by atoms with E-state index >= 15 is 0 Å². The molecular weight excluding hydrogens is 366 g/mol. The lowest BCUT2D eigenvalue weighted by Crippen LogP contribution is -2.30. The lowest BCUT2D eigenvalue weighted by molar-refractivity contribution is -0.122. The lowest BCUT2D eigenvalue weighted by Gasteiger charge is -2.15. The highest BCUT2D eigenvalue weighted by molar-refractivity contribution is 5.95. The molecule has 150 valence electrons. The van der Waals surface area contributed by atoms with Crippen molar-refractivity contribution in [2.24, 2.45) is 0 Å². The van der Waals surface area contributed by atoms with E-state index in [0.717, 1.165) is 23.6 Å². The van der Waals surface area contributed by atoms with Crippen LogP contribution in [0.2, 0.25) is 0 Å². The van der Waals surface area contributed by atoms with Crippen molar-refractivity contribution in [2.75, 3.05) is 11.9 Å². The van der Waals surface area contributed by atoms with Crippen LogP contribution >= 0.6 is 0 Å². The summed E-state index contributed by atoms with van der Waals surface area (Å²) in [7, 11) is 0. The molecule has 3 aromatic rings. The van der Waals surface area contributed by atoms with Gasteiger partial charge in [0, 0.05) is 5.69 Å². The highest BCUT2D eigenvalue weighted by Gasteiger charge is 2.15. The van der Waals surface area contributed by atoms with Crippen LogP contribution in [0.25, 0.3) is 10.8 Å². The van der Waals surface area contributed by atoms with Crippen molar-refractivity contribution < 1.29 is 19.1 Å². The Hall–Kier alpha value is -3.34. The zero-order valence-electron chi connectivity index (χ0n) is 16.7. The summed E-state index contributed by atoms with van der Waals surface area (Å²) >= 11 is 0. The topological polar surface area (TPSA) is 64.6 Å². The molecule has 0 saturated heterocycles. The Kier molecular flexibility index (Phi) is 6.85. The number of benzene rings is 3. The molecule has 29 heavy (non-hydrogen) atoms.